The van der Waals surface area contributed by atoms with Gasteiger partial charge in [-0.2, -0.15) is 0 Å². The van der Waals surface area contributed by atoms with Crippen molar-refractivity contribution in [1.82, 2.24) is 19.7 Å². The summed E-state index contributed by atoms with van der Waals surface area (Å²) in [6.07, 6.45) is 3.71. The molecular formula is C14H18N4O2S. The number of thiophene rings is 1. The predicted molar refractivity (Wildman–Crippen MR) is 79.1 cm³/mol. The minimum Gasteiger partial charge on any atom is -0.463 e. The third-order valence-corrected chi connectivity index (χ3v) is 4.82. The molecule has 3 heterocycles. The van der Waals surface area contributed by atoms with Gasteiger partial charge in [0, 0.05) is 17.5 Å². The maximum absolute atomic E-state index is 11.4. The summed E-state index contributed by atoms with van der Waals surface area (Å²) in [6, 6.07) is 2.63. The van der Waals surface area contributed by atoms with Crippen molar-refractivity contribution in [3.05, 3.63) is 34.0 Å². The Labute approximate surface area is 127 Å². The average molecular weight is 306 g/mol. The fraction of sp³-hybridized carbons (Fsp3) is 0.500. The second kappa shape index (κ2) is 5.95. The summed E-state index contributed by atoms with van der Waals surface area (Å²) in [5.41, 5.74) is 1.43. The molecular weight excluding hydrogens is 288 g/mol. The third-order valence-electron chi connectivity index (χ3n) is 3.82. The Morgan fingerprint density at radius 2 is 2.43 bits per heavy atom. The van der Waals surface area contributed by atoms with Crippen LogP contribution in [0.25, 0.3) is 0 Å². The summed E-state index contributed by atoms with van der Waals surface area (Å²) >= 11 is 1.84. The van der Waals surface area contributed by atoms with E-state index in [-0.39, 0.29) is 5.82 Å². The molecule has 0 fully saturated rings. The first-order valence-electron chi connectivity index (χ1n) is 7.01. The Balaban J connectivity index is 1.76. The lowest BCUT2D eigenvalue weighted by Gasteiger charge is -2.34. The maximum Gasteiger partial charge on any atom is 0.377 e. The van der Waals surface area contributed by atoms with Crippen LogP contribution >= 0.6 is 11.3 Å². The highest BCUT2D eigenvalue weighted by Gasteiger charge is 2.27. The van der Waals surface area contributed by atoms with E-state index in [9.17, 15) is 4.79 Å². The van der Waals surface area contributed by atoms with E-state index in [0.717, 1.165) is 19.4 Å². The molecule has 0 saturated carbocycles. The van der Waals surface area contributed by atoms with Crippen molar-refractivity contribution in [3.63, 3.8) is 0 Å². The van der Waals surface area contributed by atoms with Gasteiger partial charge in [0.05, 0.1) is 13.8 Å². The quantitative estimate of drug-likeness (QED) is 0.810. The van der Waals surface area contributed by atoms with Gasteiger partial charge in [0.15, 0.2) is 0 Å². The maximum atomic E-state index is 11.4. The number of nitrogens with zero attached hydrogens (tertiary/aromatic N) is 4. The number of esters is 1. The average Bonchev–Trinajstić information content (AvgIpc) is 3.15. The van der Waals surface area contributed by atoms with Gasteiger partial charge in [-0.25, -0.2) is 14.5 Å². The van der Waals surface area contributed by atoms with Crippen LogP contribution in [0.4, 0.5) is 0 Å². The van der Waals surface area contributed by atoms with Crippen LogP contribution in [0.5, 0.6) is 0 Å². The lowest BCUT2D eigenvalue weighted by atomic mass is 9.98. The summed E-state index contributed by atoms with van der Waals surface area (Å²) in [6.45, 7) is 3.84. The molecule has 2 aromatic heterocycles. The van der Waals surface area contributed by atoms with Crippen molar-refractivity contribution in [2.75, 3.05) is 13.7 Å². The zero-order chi connectivity index (χ0) is 14.8. The number of fused-ring (bicyclic) bond motifs is 1. The van der Waals surface area contributed by atoms with Crippen molar-refractivity contribution in [2.45, 2.75) is 32.5 Å². The zero-order valence-corrected chi connectivity index (χ0v) is 13.0. The predicted octanol–water partition coefficient (Wildman–Crippen LogP) is 2.09. The van der Waals surface area contributed by atoms with Gasteiger partial charge in [-0.3, -0.25) is 4.90 Å². The molecule has 0 radical (unpaired) electrons. The van der Waals surface area contributed by atoms with Crippen LogP contribution in [-0.4, -0.2) is 39.3 Å². The Morgan fingerprint density at radius 1 is 1.57 bits per heavy atom. The van der Waals surface area contributed by atoms with E-state index in [1.54, 1.807) is 11.0 Å². The van der Waals surface area contributed by atoms with Gasteiger partial charge in [0.1, 0.15) is 6.33 Å². The van der Waals surface area contributed by atoms with Gasteiger partial charge in [0.2, 0.25) is 0 Å². The van der Waals surface area contributed by atoms with Crippen molar-refractivity contribution < 1.29 is 9.53 Å². The second-order valence-corrected chi connectivity index (χ2v) is 6.03. The number of aromatic nitrogens is 3. The number of ether oxygens (including phenoxy) is 1. The van der Waals surface area contributed by atoms with Crippen LogP contribution in [0.15, 0.2) is 17.8 Å². The molecule has 0 amide bonds. The normalized spacial score (nSPS) is 18.5. The minimum atomic E-state index is -0.500. The Morgan fingerprint density at radius 3 is 3.19 bits per heavy atom. The molecule has 1 atom stereocenters. The Bertz CT molecular complexity index is 636. The first-order valence-corrected chi connectivity index (χ1v) is 7.89. The SMILES string of the molecule is CCC1c2ccsc2CCN1Cn1cnc(C(=O)OC)n1. The van der Waals surface area contributed by atoms with E-state index >= 15 is 0 Å². The molecule has 1 aliphatic rings. The fourth-order valence-corrected chi connectivity index (χ4v) is 3.76. The molecule has 0 spiro atoms. The molecule has 2 aromatic rings. The molecule has 0 bridgehead atoms. The molecule has 0 aliphatic carbocycles. The highest BCUT2D eigenvalue weighted by atomic mass is 32.1. The van der Waals surface area contributed by atoms with E-state index in [2.05, 4.69) is 38.1 Å². The number of hydrogen-bond donors (Lipinski definition) is 0. The number of hydrogen-bond acceptors (Lipinski definition) is 6. The van der Waals surface area contributed by atoms with E-state index < -0.39 is 5.97 Å². The Kier molecular flexibility index (Phi) is 4.03. The lowest BCUT2D eigenvalue weighted by molar-refractivity contribution is 0.0584. The van der Waals surface area contributed by atoms with Crippen molar-refractivity contribution in [2.24, 2.45) is 0 Å². The topological polar surface area (TPSA) is 60.2 Å². The highest BCUT2D eigenvalue weighted by Crippen LogP contribution is 2.35. The van der Waals surface area contributed by atoms with Crippen molar-refractivity contribution in [1.29, 1.82) is 0 Å². The molecule has 0 aromatic carbocycles. The van der Waals surface area contributed by atoms with Crippen LogP contribution in [-0.2, 0) is 17.8 Å². The molecule has 0 saturated heterocycles. The fourth-order valence-electron chi connectivity index (χ4n) is 2.83. The van der Waals surface area contributed by atoms with E-state index in [1.807, 2.05) is 11.3 Å². The van der Waals surface area contributed by atoms with Gasteiger partial charge in [-0.15, -0.1) is 16.4 Å². The van der Waals surface area contributed by atoms with Crippen LogP contribution < -0.4 is 0 Å². The summed E-state index contributed by atoms with van der Waals surface area (Å²) in [5.74, 6) is -0.390. The van der Waals surface area contributed by atoms with Gasteiger partial charge >= 0.3 is 5.97 Å². The molecule has 6 nitrogen and oxygen atoms in total. The highest BCUT2D eigenvalue weighted by molar-refractivity contribution is 7.10. The molecule has 0 N–H and O–H groups in total. The van der Waals surface area contributed by atoms with Gasteiger partial charge in [-0.05, 0) is 29.9 Å². The molecule has 21 heavy (non-hydrogen) atoms. The Hall–Kier alpha value is -1.73. The van der Waals surface area contributed by atoms with Crippen LogP contribution in [0, 0.1) is 0 Å². The van der Waals surface area contributed by atoms with Crippen LogP contribution in [0.2, 0.25) is 0 Å². The van der Waals surface area contributed by atoms with Crippen molar-refractivity contribution >= 4 is 17.3 Å². The molecule has 7 heteroatoms. The second-order valence-electron chi connectivity index (χ2n) is 5.03. The molecule has 112 valence electrons. The molecule has 1 aliphatic heterocycles. The first kappa shape index (κ1) is 14.2. The summed E-state index contributed by atoms with van der Waals surface area (Å²) < 4.78 is 6.33. The van der Waals surface area contributed by atoms with Gasteiger partial charge < -0.3 is 4.74 Å². The largest absolute Gasteiger partial charge is 0.463 e. The minimum absolute atomic E-state index is 0.110. The number of carbonyl (C=O) groups excluding carboxylic acids is 1. The van der Waals surface area contributed by atoms with Gasteiger partial charge in [0.25, 0.3) is 5.82 Å². The van der Waals surface area contributed by atoms with Crippen LogP contribution in [0.3, 0.4) is 0 Å². The summed E-state index contributed by atoms with van der Waals surface area (Å²) in [5, 5.41) is 6.35. The molecule has 3 rings (SSSR count). The van der Waals surface area contributed by atoms with E-state index in [0.29, 0.717) is 12.7 Å². The lowest BCUT2D eigenvalue weighted by Crippen LogP contribution is -2.36. The number of rotatable bonds is 4. The molecule has 1 unspecified atom stereocenters. The van der Waals surface area contributed by atoms with E-state index in [4.69, 9.17) is 0 Å². The van der Waals surface area contributed by atoms with Gasteiger partial charge in [-0.1, -0.05) is 6.92 Å². The van der Waals surface area contributed by atoms with Crippen LogP contribution in [0.1, 0.15) is 40.4 Å². The third kappa shape index (κ3) is 2.71. The zero-order valence-electron chi connectivity index (χ0n) is 12.2. The monoisotopic (exact) mass is 306 g/mol. The summed E-state index contributed by atoms with van der Waals surface area (Å²) in [4.78, 5) is 19.3. The van der Waals surface area contributed by atoms with E-state index in [1.165, 1.54) is 17.6 Å². The summed E-state index contributed by atoms with van der Waals surface area (Å²) in [7, 11) is 1.33. The first-order chi connectivity index (χ1) is 10.2. The number of carbonyl (C=O) groups is 1. The van der Waals surface area contributed by atoms with Crippen molar-refractivity contribution in [3.8, 4) is 0 Å². The standard InChI is InChI=1S/C14H18N4O2S/c1-3-11-10-5-7-21-12(10)4-6-17(11)9-18-8-15-13(16-18)14(19)20-2/h5,7-8,11H,3-4,6,9H2,1-2H3. The number of methoxy groups -OCH3 is 1. The smallest absolute Gasteiger partial charge is 0.377 e.